The number of carbonyl (C=O) groups excluding carboxylic acids is 1. The maximum absolute atomic E-state index is 12.6. The molecule has 2 aromatic rings. The number of nitrogens with zero attached hydrogens (tertiary/aromatic N) is 1. The first-order valence-corrected chi connectivity index (χ1v) is 7.87. The third kappa shape index (κ3) is 4.41. The largest absolute Gasteiger partial charge is 0.387 e. The van der Waals surface area contributed by atoms with Crippen LogP contribution in [0, 0.1) is 6.92 Å². The van der Waals surface area contributed by atoms with Gasteiger partial charge in [0.15, 0.2) is 0 Å². The molecule has 122 valence electrons. The number of aliphatic hydroxyl groups is 1. The van der Waals surface area contributed by atoms with Gasteiger partial charge in [0, 0.05) is 6.54 Å². The molecule has 0 heterocycles. The average Bonchev–Trinajstić information content (AvgIpc) is 2.59. The zero-order valence-corrected chi connectivity index (χ0v) is 13.6. The van der Waals surface area contributed by atoms with E-state index in [1.165, 1.54) is 0 Å². The number of benzene rings is 2. The molecule has 0 bridgehead atoms. The maximum Gasteiger partial charge on any atom is 0.244 e. The number of likely N-dealkylation sites (N-methyl/N-ethyl adjacent to an activating group) is 1. The van der Waals surface area contributed by atoms with E-state index < -0.39 is 12.1 Å². The molecule has 0 radical (unpaired) electrons. The van der Waals surface area contributed by atoms with Crippen LogP contribution in [0.5, 0.6) is 0 Å². The molecule has 2 atom stereocenters. The standard InChI is InChI=1S/C19H24N2O2/c1-3-21(13-17(22)15-11-9-14(2)10-12-15)19(23)18(20)16-7-5-4-6-8-16/h4-12,17-18,22H,3,13,20H2,1-2H3. The fourth-order valence-electron chi connectivity index (χ4n) is 2.48. The smallest absolute Gasteiger partial charge is 0.244 e. The van der Waals surface area contributed by atoms with Crippen molar-refractivity contribution in [2.45, 2.75) is 26.0 Å². The van der Waals surface area contributed by atoms with Gasteiger partial charge in [0.1, 0.15) is 6.04 Å². The van der Waals surface area contributed by atoms with Crippen LogP contribution in [0.4, 0.5) is 0 Å². The van der Waals surface area contributed by atoms with Gasteiger partial charge in [0.2, 0.25) is 5.91 Å². The minimum Gasteiger partial charge on any atom is -0.387 e. The van der Waals surface area contributed by atoms with Crippen LogP contribution in [-0.4, -0.2) is 29.0 Å². The molecule has 1 amide bonds. The molecule has 2 aromatic carbocycles. The van der Waals surface area contributed by atoms with Crippen LogP contribution in [0.2, 0.25) is 0 Å². The van der Waals surface area contributed by atoms with Gasteiger partial charge < -0.3 is 15.7 Å². The maximum atomic E-state index is 12.6. The molecule has 4 nitrogen and oxygen atoms in total. The summed E-state index contributed by atoms with van der Waals surface area (Å²) in [7, 11) is 0. The summed E-state index contributed by atoms with van der Waals surface area (Å²) in [6.45, 7) is 4.62. The van der Waals surface area contributed by atoms with Gasteiger partial charge >= 0.3 is 0 Å². The summed E-state index contributed by atoms with van der Waals surface area (Å²) in [5, 5.41) is 10.4. The minimum atomic E-state index is -0.720. The Bertz CT molecular complexity index is 626. The topological polar surface area (TPSA) is 66.6 Å². The first-order valence-electron chi connectivity index (χ1n) is 7.87. The first-order chi connectivity index (χ1) is 11.0. The summed E-state index contributed by atoms with van der Waals surface area (Å²) >= 11 is 0. The number of aliphatic hydroxyl groups excluding tert-OH is 1. The van der Waals surface area contributed by atoms with Crippen molar-refractivity contribution in [1.29, 1.82) is 0 Å². The normalized spacial score (nSPS) is 13.4. The lowest BCUT2D eigenvalue weighted by molar-refractivity contribution is -0.134. The highest BCUT2D eigenvalue weighted by Crippen LogP contribution is 2.18. The summed E-state index contributed by atoms with van der Waals surface area (Å²) in [6.07, 6.45) is -0.720. The van der Waals surface area contributed by atoms with Gasteiger partial charge in [-0.2, -0.15) is 0 Å². The predicted octanol–water partition coefficient (Wildman–Crippen LogP) is 2.58. The number of rotatable bonds is 6. The van der Waals surface area contributed by atoms with Gasteiger partial charge in [-0.1, -0.05) is 60.2 Å². The van der Waals surface area contributed by atoms with Crippen molar-refractivity contribution in [2.24, 2.45) is 5.73 Å². The molecule has 23 heavy (non-hydrogen) atoms. The lowest BCUT2D eigenvalue weighted by atomic mass is 10.0. The highest BCUT2D eigenvalue weighted by atomic mass is 16.3. The zero-order valence-electron chi connectivity index (χ0n) is 13.6. The Balaban J connectivity index is 2.06. The highest BCUT2D eigenvalue weighted by molar-refractivity contribution is 5.83. The number of hydrogen-bond donors (Lipinski definition) is 2. The minimum absolute atomic E-state index is 0.176. The number of aryl methyl sites for hydroxylation is 1. The summed E-state index contributed by atoms with van der Waals surface area (Å²) in [6, 6.07) is 16.3. The van der Waals surface area contributed by atoms with Crippen molar-refractivity contribution in [3.8, 4) is 0 Å². The highest BCUT2D eigenvalue weighted by Gasteiger charge is 2.23. The Morgan fingerprint density at radius 3 is 2.26 bits per heavy atom. The zero-order chi connectivity index (χ0) is 16.8. The fourth-order valence-corrected chi connectivity index (χ4v) is 2.48. The number of carbonyl (C=O) groups is 1. The van der Waals surface area contributed by atoms with Gasteiger partial charge in [-0.15, -0.1) is 0 Å². The molecule has 3 N–H and O–H groups in total. The molecule has 0 aliphatic heterocycles. The summed E-state index contributed by atoms with van der Waals surface area (Å²) in [5.74, 6) is -0.176. The Morgan fingerprint density at radius 2 is 1.70 bits per heavy atom. The van der Waals surface area contributed by atoms with Crippen LogP contribution in [0.3, 0.4) is 0 Å². The van der Waals surface area contributed by atoms with Gasteiger partial charge in [-0.3, -0.25) is 4.79 Å². The van der Waals surface area contributed by atoms with Crippen LogP contribution in [-0.2, 0) is 4.79 Å². The molecule has 4 heteroatoms. The molecular formula is C19H24N2O2. The van der Waals surface area contributed by atoms with Gasteiger partial charge in [-0.05, 0) is 25.0 Å². The quantitative estimate of drug-likeness (QED) is 0.861. The molecule has 2 rings (SSSR count). The van der Waals surface area contributed by atoms with E-state index in [2.05, 4.69) is 0 Å². The second-order valence-electron chi connectivity index (χ2n) is 5.69. The molecule has 0 aliphatic carbocycles. The SMILES string of the molecule is CCN(CC(O)c1ccc(C)cc1)C(=O)C(N)c1ccccc1. The average molecular weight is 312 g/mol. The van der Waals surface area contributed by atoms with Crippen molar-refractivity contribution in [3.63, 3.8) is 0 Å². The van der Waals surface area contributed by atoms with E-state index in [4.69, 9.17) is 5.73 Å². The molecule has 0 saturated carbocycles. The van der Waals surface area contributed by atoms with E-state index >= 15 is 0 Å². The molecular weight excluding hydrogens is 288 g/mol. The monoisotopic (exact) mass is 312 g/mol. The molecule has 0 spiro atoms. The number of amides is 1. The van der Waals surface area contributed by atoms with E-state index in [1.54, 1.807) is 4.90 Å². The van der Waals surface area contributed by atoms with Crippen LogP contribution < -0.4 is 5.73 Å². The van der Waals surface area contributed by atoms with Gasteiger partial charge in [-0.25, -0.2) is 0 Å². The molecule has 0 fully saturated rings. The van der Waals surface area contributed by atoms with Gasteiger partial charge in [0.05, 0.1) is 12.6 Å². The number of nitrogens with two attached hydrogens (primary N) is 1. The van der Waals surface area contributed by atoms with E-state index in [-0.39, 0.29) is 12.5 Å². The second-order valence-corrected chi connectivity index (χ2v) is 5.69. The lowest BCUT2D eigenvalue weighted by Gasteiger charge is -2.27. The Hall–Kier alpha value is -2.17. The number of hydrogen-bond acceptors (Lipinski definition) is 3. The van der Waals surface area contributed by atoms with Crippen molar-refractivity contribution < 1.29 is 9.90 Å². The Labute approximate surface area is 137 Å². The van der Waals surface area contributed by atoms with Gasteiger partial charge in [0.25, 0.3) is 0 Å². The summed E-state index contributed by atoms with van der Waals surface area (Å²) in [4.78, 5) is 14.2. The summed E-state index contributed by atoms with van der Waals surface area (Å²) < 4.78 is 0. The first kappa shape index (κ1) is 17.2. The van der Waals surface area contributed by atoms with Crippen molar-refractivity contribution in [1.82, 2.24) is 4.90 Å². The fraction of sp³-hybridized carbons (Fsp3) is 0.316. The lowest BCUT2D eigenvalue weighted by Crippen LogP contribution is -2.40. The van der Waals surface area contributed by atoms with E-state index in [9.17, 15) is 9.90 Å². The Morgan fingerprint density at radius 1 is 1.09 bits per heavy atom. The van der Waals surface area contributed by atoms with Crippen molar-refractivity contribution in [2.75, 3.05) is 13.1 Å². The van der Waals surface area contributed by atoms with E-state index in [1.807, 2.05) is 68.4 Å². The molecule has 2 unspecified atom stereocenters. The molecule has 0 aromatic heterocycles. The van der Waals surface area contributed by atoms with Crippen LogP contribution in [0.25, 0.3) is 0 Å². The van der Waals surface area contributed by atoms with Crippen LogP contribution in [0.1, 0.15) is 35.8 Å². The third-order valence-electron chi connectivity index (χ3n) is 3.97. The molecule has 0 saturated heterocycles. The van der Waals surface area contributed by atoms with E-state index in [0.29, 0.717) is 6.54 Å². The van der Waals surface area contributed by atoms with Crippen molar-refractivity contribution >= 4 is 5.91 Å². The van der Waals surface area contributed by atoms with Crippen molar-refractivity contribution in [3.05, 3.63) is 71.3 Å². The molecule has 0 aliphatic rings. The third-order valence-corrected chi connectivity index (χ3v) is 3.97. The van der Waals surface area contributed by atoms with Crippen LogP contribution in [0.15, 0.2) is 54.6 Å². The second kappa shape index (κ2) is 7.90. The Kier molecular flexibility index (Phi) is 5.90. The van der Waals surface area contributed by atoms with Crippen LogP contribution >= 0.6 is 0 Å². The summed E-state index contributed by atoms with van der Waals surface area (Å²) in [5.41, 5.74) is 8.79. The van der Waals surface area contributed by atoms with E-state index in [0.717, 1.165) is 16.7 Å². The predicted molar refractivity (Wildman–Crippen MR) is 91.8 cm³/mol.